The second-order valence-electron chi connectivity index (χ2n) is 3.02. The van der Waals surface area contributed by atoms with Crippen LogP contribution in [0.2, 0.25) is 0 Å². The van der Waals surface area contributed by atoms with E-state index in [2.05, 4.69) is 16.8 Å². The van der Waals surface area contributed by atoms with Crippen molar-refractivity contribution in [2.45, 2.75) is 0 Å². The number of hydrogen-bond donors (Lipinski definition) is 0. The largest absolute Gasteiger partial charge is 0.284 e. The molecule has 2 aromatic rings. The van der Waals surface area contributed by atoms with E-state index in [0.29, 0.717) is 0 Å². The van der Waals surface area contributed by atoms with Gasteiger partial charge in [0, 0.05) is 30.4 Å². The highest BCUT2D eigenvalue weighted by atomic mass is 32.1. The van der Waals surface area contributed by atoms with Crippen molar-refractivity contribution in [1.29, 1.82) is 0 Å². The molecule has 0 saturated heterocycles. The zero-order valence-corrected chi connectivity index (χ0v) is 8.65. The highest BCUT2D eigenvalue weighted by Gasteiger charge is 1.97. The van der Waals surface area contributed by atoms with E-state index in [4.69, 9.17) is 0 Å². The van der Waals surface area contributed by atoms with Crippen molar-refractivity contribution in [3.05, 3.63) is 59.0 Å². The minimum absolute atomic E-state index is 0.0550. The Balaban J connectivity index is 2.51. The van der Waals surface area contributed by atoms with Crippen molar-refractivity contribution >= 4 is 18.1 Å². The zero-order valence-electron chi connectivity index (χ0n) is 7.83. The molecule has 74 valence electrons. The summed E-state index contributed by atoms with van der Waals surface area (Å²) in [5.74, 6) is 0. The van der Waals surface area contributed by atoms with E-state index in [1.54, 1.807) is 29.0 Å². The van der Waals surface area contributed by atoms with E-state index in [-0.39, 0.29) is 5.56 Å². The average molecular weight is 216 g/mol. The first-order chi connectivity index (χ1) is 7.31. The molecule has 0 amide bonds. The van der Waals surface area contributed by atoms with E-state index in [1.165, 1.54) is 6.07 Å². The molecule has 4 heteroatoms. The maximum Gasteiger partial charge on any atom is 0.255 e. The highest BCUT2D eigenvalue weighted by Crippen LogP contribution is 2.13. The van der Waals surface area contributed by atoms with Crippen LogP contribution in [-0.2, 0) is 12.4 Å². The van der Waals surface area contributed by atoms with Crippen LogP contribution < -0.4 is 5.56 Å². The van der Waals surface area contributed by atoms with E-state index in [9.17, 15) is 4.79 Å². The third-order valence-corrected chi connectivity index (χ3v) is 2.27. The van der Waals surface area contributed by atoms with Gasteiger partial charge in [-0.1, -0.05) is 6.07 Å². The summed E-state index contributed by atoms with van der Waals surface area (Å²) < 4.78 is 5.19. The molecule has 15 heavy (non-hydrogen) atoms. The van der Waals surface area contributed by atoms with E-state index >= 15 is 0 Å². The van der Waals surface area contributed by atoms with Crippen LogP contribution >= 0.6 is 0 Å². The van der Waals surface area contributed by atoms with Gasteiger partial charge in [-0.3, -0.25) is 9.36 Å². The monoisotopic (exact) mass is 216 g/mol. The molecule has 1 heterocycles. The average Bonchev–Trinajstić information content (AvgIpc) is 2.30. The second-order valence-corrected chi connectivity index (χ2v) is 3.20. The number of nitrogens with zero attached hydrogens (tertiary/aromatic N) is 2. The predicted molar refractivity (Wildman–Crippen MR) is 61.5 cm³/mol. The summed E-state index contributed by atoms with van der Waals surface area (Å²) in [6, 6.07) is 12.2. The van der Waals surface area contributed by atoms with Crippen LogP contribution in [0.4, 0.5) is 5.69 Å². The molecule has 0 N–H and O–H groups in total. The SMILES string of the molecule is O=c1ccccn1-c1ccc(N=S)cc1. The van der Waals surface area contributed by atoms with Gasteiger partial charge in [0.1, 0.15) is 0 Å². The summed E-state index contributed by atoms with van der Waals surface area (Å²) in [6.45, 7) is 0. The normalized spacial score (nSPS) is 9.87. The zero-order chi connectivity index (χ0) is 10.7. The van der Waals surface area contributed by atoms with Gasteiger partial charge in [-0.2, -0.15) is 4.36 Å². The first kappa shape index (κ1) is 9.73. The summed E-state index contributed by atoms with van der Waals surface area (Å²) in [7, 11) is 0. The van der Waals surface area contributed by atoms with Crippen LogP contribution in [0.1, 0.15) is 0 Å². The maximum atomic E-state index is 11.5. The molecule has 0 fully saturated rings. The molecule has 0 aliphatic rings. The summed E-state index contributed by atoms with van der Waals surface area (Å²) >= 11 is 4.56. The lowest BCUT2D eigenvalue weighted by molar-refractivity contribution is 0.990. The molecular weight excluding hydrogens is 208 g/mol. The quantitative estimate of drug-likeness (QED) is 0.771. The topological polar surface area (TPSA) is 34.4 Å². The van der Waals surface area contributed by atoms with Gasteiger partial charge >= 0.3 is 0 Å². The molecule has 2 rings (SSSR count). The molecule has 0 aliphatic heterocycles. The highest BCUT2D eigenvalue weighted by molar-refractivity contribution is 7.47. The lowest BCUT2D eigenvalue weighted by Crippen LogP contribution is -2.15. The van der Waals surface area contributed by atoms with Crippen LogP contribution in [0.15, 0.2) is 57.8 Å². The lowest BCUT2D eigenvalue weighted by Gasteiger charge is -2.04. The number of hydrogen-bond acceptors (Lipinski definition) is 3. The van der Waals surface area contributed by atoms with Gasteiger partial charge in [0.2, 0.25) is 0 Å². The summed E-state index contributed by atoms with van der Waals surface area (Å²) in [6.07, 6.45) is 1.72. The third-order valence-electron chi connectivity index (χ3n) is 2.06. The van der Waals surface area contributed by atoms with Crippen molar-refractivity contribution in [2.75, 3.05) is 0 Å². The minimum Gasteiger partial charge on any atom is -0.284 e. The Morgan fingerprint density at radius 2 is 1.80 bits per heavy atom. The van der Waals surface area contributed by atoms with Gasteiger partial charge in [-0.15, -0.1) is 0 Å². The molecule has 0 aliphatic carbocycles. The van der Waals surface area contributed by atoms with Crippen LogP contribution in [0.3, 0.4) is 0 Å². The van der Waals surface area contributed by atoms with Crippen LogP contribution in [0, 0.1) is 0 Å². The molecule has 0 unspecified atom stereocenters. The minimum atomic E-state index is -0.0550. The van der Waals surface area contributed by atoms with Crippen molar-refractivity contribution in [3.63, 3.8) is 0 Å². The number of aromatic nitrogens is 1. The van der Waals surface area contributed by atoms with Crippen molar-refractivity contribution < 1.29 is 0 Å². The van der Waals surface area contributed by atoms with E-state index in [1.807, 2.05) is 18.2 Å². The Morgan fingerprint density at radius 3 is 2.40 bits per heavy atom. The predicted octanol–water partition coefficient (Wildman–Crippen LogP) is 2.20. The van der Waals surface area contributed by atoms with Gasteiger partial charge in [0.25, 0.3) is 5.56 Å². The fourth-order valence-corrected chi connectivity index (χ4v) is 1.44. The third kappa shape index (κ3) is 1.99. The summed E-state index contributed by atoms with van der Waals surface area (Å²) in [5, 5.41) is 0. The molecule has 1 aromatic carbocycles. The number of pyridine rings is 1. The maximum absolute atomic E-state index is 11.5. The van der Waals surface area contributed by atoms with Crippen LogP contribution in [0.5, 0.6) is 0 Å². The van der Waals surface area contributed by atoms with Crippen LogP contribution in [-0.4, -0.2) is 4.57 Å². The van der Waals surface area contributed by atoms with Crippen molar-refractivity contribution in [1.82, 2.24) is 4.57 Å². The first-order valence-electron chi connectivity index (χ1n) is 4.43. The molecule has 3 nitrogen and oxygen atoms in total. The molecule has 0 saturated carbocycles. The summed E-state index contributed by atoms with van der Waals surface area (Å²) in [4.78, 5) is 11.5. The molecule has 0 spiro atoms. The Morgan fingerprint density at radius 1 is 1.07 bits per heavy atom. The van der Waals surface area contributed by atoms with Crippen molar-refractivity contribution in [2.24, 2.45) is 4.36 Å². The smallest absolute Gasteiger partial charge is 0.255 e. The standard InChI is InChI=1S/C11H8N2OS/c14-11-3-1-2-8-13(11)10-6-4-9(12-15)5-7-10/h1-8H. The van der Waals surface area contributed by atoms with Gasteiger partial charge in [-0.05, 0) is 30.3 Å². The van der Waals surface area contributed by atoms with E-state index < -0.39 is 0 Å². The molecular formula is C11H8N2OS. The fraction of sp³-hybridized carbons (Fsp3) is 0. The Hall–Kier alpha value is -1.81. The van der Waals surface area contributed by atoms with Gasteiger partial charge in [-0.25, -0.2) is 0 Å². The molecule has 0 atom stereocenters. The Kier molecular flexibility index (Phi) is 2.69. The second kappa shape index (κ2) is 4.14. The fourth-order valence-electron chi connectivity index (χ4n) is 1.31. The number of rotatable bonds is 2. The molecule has 0 radical (unpaired) electrons. The van der Waals surface area contributed by atoms with E-state index in [0.717, 1.165) is 11.4 Å². The Bertz CT molecular complexity index is 531. The summed E-state index contributed by atoms with van der Waals surface area (Å²) in [5.41, 5.74) is 1.47. The van der Waals surface area contributed by atoms with Gasteiger partial charge < -0.3 is 0 Å². The Labute approximate surface area is 92.2 Å². The van der Waals surface area contributed by atoms with Crippen molar-refractivity contribution in [3.8, 4) is 5.69 Å². The van der Waals surface area contributed by atoms with Crippen LogP contribution in [0.25, 0.3) is 5.69 Å². The van der Waals surface area contributed by atoms with Gasteiger partial charge in [0.15, 0.2) is 0 Å². The lowest BCUT2D eigenvalue weighted by atomic mass is 10.3. The molecule has 0 bridgehead atoms. The molecule has 1 aromatic heterocycles. The van der Waals surface area contributed by atoms with Gasteiger partial charge in [0.05, 0.1) is 5.69 Å². The number of benzene rings is 1. The first-order valence-corrected chi connectivity index (χ1v) is 4.79.